The van der Waals surface area contributed by atoms with Gasteiger partial charge in [-0.2, -0.15) is 0 Å². The van der Waals surface area contributed by atoms with Crippen molar-refractivity contribution in [1.82, 2.24) is 9.88 Å². The van der Waals surface area contributed by atoms with Crippen molar-refractivity contribution in [3.05, 3.63) is 18.3 Å². The lowest BCUT2D eigenvalue weighted by molar-refractivity contribution is 0.194. The number of aromatic nitrogens is 1. The molecule has 0 bridgehead atoms. The van der Waals surface area contributed by atoms with E-state index in [1.54, 1.807) is 0 Å². The van der Waals surface area contributed by atoms with Crippen LogP contribution in [0.5, 0.6) is 5.75 Å². The molecule has 1 saturated heterocycles. The first-order chi connectivity index (χ1) is 9.31. The molecule has 1 N–H and O–H groups in total. The third-order valence-electron chi connectivity index (χ3n) is 3.66. The van der Waals surface area contributed by atoms with E-state index in [0.29, 0.717) is 6.04 Å². The minimum atomic E-state index is 0.606. The van der Waals surface area contributed by atoms with Crippen molar-refractivity contribution >= 4 is 5.82 Å². The van der Waals surface area contributed by atoms with Gasteiger partial charge in [0.05, 0.1) is 6.61 Å². The number of hydrogen-bond donors (Lipinski definition) is 1. The van der Waals surface area contributed by atoms with E-state index < -0.39 is 0 Å². The quantitative estimate of drug-likeness (QED) is 0.856. The predicted octanol–water partition coefficient (Wildman–Crippen LogP) is 2.77. The minimum Gasteiger partial charge on any atom is -0.490 e. The third-order valence-corrected chi connectivity index (χ3v) is 3.66. The summed E-state index contributed by atoms with van der Waals surface area (Å²) in [7, 11) is 2.21. The second kappa shape index (κ2) is 7.34. The largest absolute Gasteiger partial charge is 0.490 e. The Bertz CT molecular complexity index is 383. The summed E-state index contributed by atoms with van der Waals surface area (Å²) >= 11 is 0. The van der Waals surface area contributed by atoms with E-state index in [4.69, 9.17) is 4.74 Å². The zero-order chi connectivity index (χ0) is 13.5. The van der Waals surface area contributed by atoms with Crippen molar-refractivity contribution in [3.8, 4) is 5.75 Å². The van der Waals surface area contributed by atoms with Crippen LogP contribution >= 0.6 is 0 Å². The molecule has 1 aliphatic rings. The van der Waals surface area contributed by atoms with Crippen molar-refractivity contribution in [2.75, 3.05) is 32.1 Å². The second-order valence-corrected chi connectivity index (χ2v) is 5.21. The molecule has 1 aliphatic heterocycles. The normalized spacial score (nSPS) is 20.2. The number of hydrogen-bond acceptors (Lipinski definition) is 4. The van der Waals surface area contributed by atoms with E-state index in [1.165, 1.54) is 25.8 Å². The smallest absolute Gasteiger partial charge is 0.168 e. The summed E-state index contributed by atoms with van der Waals surface area (Å²) in [6.07, 6.45) is 6.74. The van der Waals surface area contributed by atoms with Crippen LogP contribution in [0.3, 0.4) is 0 Å². The van der Waals surface area contributed by atoms with Crippen molar-refractivity contribution in [2.45, 2.75) is 38.6 Å². The molecule has 4 heteroatoms. The first-order valence-electron chi connectivity index (χ1n) is 7.33. The zero-order valence-electron chi connectivity index (χ0n) is 12.1. The Morgan fingerprint density at radius 1 is 1.47 bits per heavy atom. The number of ether oxygens (including phenoxy) is 1. The minimum absolute atomic E-state index is 0.606. The van der Waals surface area contributed by atoms with Crippen molar-refractivity contribution in [2.24, 2.45) is 0 Å². The van der Waals surface area contributed by atoms with Gasteiger partial charge < -0.3 is 15.0 Å². The number of nitrogens with zero attached hydrogens (tertiary/aromatic N) is 2. The highest BCUT2D eigenvalue weighted by atomic mass is 16.5. The van der Waals surface area contributed by atoms with Crippen LogP contribution in [0.15, 0.2) is 18.3 Å². The topological polar surface area (TPSA) is 37.4 Å². The maximum atomic E-state index is 5.71. The number of likely N-dealkylation sites (N-methyl/N-ethyl adjacent to an activating group) is 1. The van der Waals surface area contributed by atoms with Gasteiger partial charge in [-0.15, -0.1) is 0 Å². The molecule has 2 rings (SSSR count). The molecule has 4 nitrogen and oxygen atoms in total. The average Bonchev–Trinajstić information content (AvgIpc) is 2.45. The van der Waals surface area contributed by atoms with Crippen LogP contribution in [0.2, 0.25) is 0 Å². The van der Waals surface area contributed by atoms with Gasteiger partial charge in [-0.05, 0) is 45.0 Å². The summed E-state index contributed by atoms with van der Waals surface area (Å²) in [5.74, 6) is 1.73. The fourth-order valence-electron chi connectivity index (χ4n) is 2.47. The average molecular weight is 263 g/mol. The van der Waals surface area contributed by atoms with Crippen LogP contribution in [0, 0.1) is 0 Å². The highest BCUT2D eigenvalue weighted by Crippen LogP contribution is 2.22. The number of piperidine rings is 1. The van der Waals surface area contributed by atoms with E-state index >= 15 is 0 Å². The monoisotopic (exact) mass is 263 g/mol. The number of rotatable bonds is 6. The molecule has 1 aromatic heterocycles. The van der Waals surface area contributed by atoms with Gasteiger partial charge in [0.2, 0.25) is 0 Å². The second-order valence-electron chi connectivity index (χ2n) is 5.21. The zero-order valence-corrected chi connectivity index (χ0v) is 12.1. The van der Waals surface area contributed by atoms with Gasteiger partial charge in [-0.3, -0.25) is 0 Å². The standard InChI is InChI=1S/C15H25N3O/c1-3-11-19-14-8-6-9-16-15(14)17-12-13-7-4-5-10-18(13)2/h6,8-9,13H,3-5,7,10-12H2,1-2H3,(H,16,17). The van der Waals surface area contributed by atoms with Gasteiger partial charge >= 0.3 is 0 Å². The maximum absolute atomic E-state index is 5.71. The molecule has 1 unspecified atom stereocenters. The van der Waals surface area contributed by atoms with Gasteiger partial charge in [0.1, 0.15) is 0 Å². The molecule has 1 fully saturated rings. The van der Waals surface area contributed by atoms with Gasteiger partial charge in [0.15, 0.2) is 11.6 Å². The Kier molecular flexibility index (Phi) is 5.45. The number of likely N-dealkylation sites (tertiary alicyclic amines) is 1. The van der Waals surface area contributed by atoms with E-state index in [0.717, 1.165) is 31.1 Å². The molecular formula is C15H25N3O. The Morgan fingerprint density at radius 2 is 2.37 bits per heavy atom. The van der Waals surface area contributed by atoms with E-state index in [-0.39, 0.29) is 0 Å². The lowest BCUT2D eigenvalue weighted by atomic mass is 10.0. The lowest BCUT2D eigenvalue weighted by Gasteiger charge is -2.32. The Labute approximate surface area is 116 Å². The van der Waals surface area contributed by atoms with Gasteiger partial charge in [-0.1, -0.05) is 13.3 Å². The van der Waals surface area contributed by atoms with Crippen LogP contribution < -0.4 is 10.1 Å². The van der Waals surface area contributed by atoms with Gasteiger partial charge in [0.25, 0.3) is 0 Å². The third kappa shape index (κ3) is 4.10. The molecule has 2 heterocycles. The molecule has 0 saturated carbocycles. The van der Waals surface area contributed by atoms with E-state index in [9.17, 15) is 0 Å². The lowest BCUT2D eigenvalue weighted by Crippen LogP contribution is -2.40. The van der Waals surface area contributed by atoms with E-state index in [2.05, 4.69) is 29.2 Å². The highest BCUT2D eigenvalue weighted by molar-refractivity contribution is 5.49. The molecular weight excluding hydrogens is 238 g/mol. The van der Waals surface area contributed by atoms with Crippen LogP contribution in [0.1, 0.15) is 32.6 Å². The fraction of sp³-hybridized carbons (Fsp3) is 0.667. The molecule has 1 atom stereocenters. The van der Waals surface area contributed by atoms with Crippen LogP contribution in [-0.2, 0) is 0 Å². The van der Waals surface area contributed by atoms with Gasteiger partial charge in [0, 0.05) is 18.8 Å². The molecule has 0 radical (unpaired) electrons. The van der Waals surface area contributed by atoms with Crippen LogP contribution in [0.4, 0.5) is 5.82 Å². The number of anilines is 1. The summed E-state index contributed by atoms with van der Waals surface area (Å²) < 4.78 is 5.71. The molecule has 19 heavy (non-hydrogen) atoms. The van der Waals surface area contributed by atoms with Crippen molar-refractivity contribution in [1.29, 1.82) is 0 Å². The maximum Gasteiger partial charge on any atom is 0.168 e. The number of pyridine rings is 1. The first-order valence-corrected chi connectivity index (χ1v) is 7.33. The van der Waals surface area contributed by atoms with Crippen molar-refractivity contribution in [3.63, 3.8) is 0 Å². The summed E-state index contributed by atoms with van der Waals surface area (Å²) in [5, 5.41) is 3.44. The van der Waals surface area contributed by atoms with Crippen LogP contribution in [-0.4, -0.2) is 42.7 Å². The van der Waals surface area contributed by atoms with Gasteiger partial charge in [-0.25, -0.2) is 4.98 Å². The van der Waals surface area contributed by atoms with E-state index in [1.807, 2.05) is 18.3 Å². The number of nitrogens with one attached hydrogen (secondary N) is 1. The fourth-order valence-corrected chi connectivity index (χ4v) is 2.47. The molecule has 0 spiro atoms. The molecule has 0 amide bonds. The summed E-state index contributed by atoms with van der Waals surface area (Å²) in [4.78, 5) is 6.82. The summed E-state index contributed by atoms with van der Waals surface area (Å²) in [5.41, 5.74) is 0. The summed E-state index contributed by atoms with van der Waals surface area (Å²) in [6, 6.07) is 4.51. The molecule has 0 aromatic carbocycles. The Hall–Kier alpha value is -1.29. The predicted molar refractivity (Wildman–Crippen MR) is 78.8 cm³/mol. The first kappa shape index (κ1) is 14.1. The molecule has 0 aliphatic carbocycles. The Balaban J connectivity index is 1.91. The SMILES string of the molecule is CCCOc1cccnc1NCC1CCCCN1C. The molecule has 106 valence electrons. The Morgan fingerprint density at radius 3 is 3.16 bits per heavy atom. The van der Waals surface area contributed by atoms with Crippen molar-refractivity contribution < 1.29 is 4.74 Å². The highest BCUT2D eigenvalue weighted by Gasteiger charge is 2.19. The molecule has 1 aromatic rings. The van der Waals surface area contributed by atoms with Crippen LogP contribution in [0.25, 0.3) is 0 Å². The summed E-state index contributed by atoms with van der Waals surface area (Å²) in [6.45, 7) is 4.99.